The molecule has 17 heavy (non-hydrogen) atoms. The van der Waals surface area contributed by atoms with E-state index in [1.165, 1.54) is 12.8 Å². The maximum atomic E-state index is 7.42. The van der Waals surface area contributed by atoms with Crippen LogP contribution in [0.3, 0.4) is 0 Å². The zero-order valence-electron chi connectivity index (χ0n) is 11.7. The summed E-state index contributed by atoms with van der Waals surface area (Å²) in [5.41, 5.74) is 1.55. The van der Waals surface area contributed by atoms with Gasteiger partial charge in [0.1, 0.15) is 0 Å². The van der Waals surface area contributed by atoms with Crippen molar-refractivity contribution in [2.75, 3.05) is 0 Å². The van der Waals surface area contributed by atoms with Crippen LogP contribution in [0, 0.1) is 30.2 Å². The van der Waals surface area contributed by atoms with E-state index >= 15 is 0 Å². The first-order chi connectivity index (χ1) is 7.97. The topological polar surface area (TPSA) is 4.36 Å². The summed E-state index contributed by atoms with van der Waals surface area (Å²) in [6, 6.07) is 0. The molecule has 1 saturated carbocycles. The van der Waals surface area contributed by atoms with E-state index in [1.807, 2.05) is 0 Å². The number of allylic oxidation sites excluding steroid dienone is 1. The van der Waals surface area contributed by atoms with Crippen LogP contribution in [0.4, 0.5) is 0 Å². The summed E-state index contributed by atoms with van der Waals surface area (Å²) in [5, 5.41) is 0. The molecule has 2 aliphatic rings. The van der Waals surface area contributed by atoms with Crippen LogP contribution in [-0.4, -0.2) is 5.54 Å². The molecular weight excluding hydrogens is 206 g/mol. The third-order valence-electron chi connectivity index (χ3n) is 5.01. The maximum absolute atomic E-state index is 7.42. The molecule has 2 rings (SSSR count). The third-order valence-corrected chi connectivity index (χ3v) is 5.01. The Bertz CT molecular complexity index is 360. The number of rotatable bonds is 1. The first-order valence-electron chi connectivity index (χ1n) is 7.05. The molecule has 0 spiro atoms. The molecule has 4 atom stereocenters. The van der Waals surface area contributed by atoms with Gasteiger partial charge in [-0.3, -0.25) is 0 Å². The molecule has 2 aliphatic carbocycles. The highest BCUT2D eigenvalue weighted by atomic mass is 14.8. The highest BCUT2D eigenvalue weighted by Gasteiger charge is 2.44. The van der Waals surface area contributed by atoms with Crippen LogP contribution in [0.25, 0.3) is 4.85 Å². The van der Waals surface area contributed by atoms with Crippen molar-refractivity contribution in [1.29, 1.82) is 0 Å². The average molecular weight is 231 g/mol. The predicted octanol–water partition coefficient (Wildman–Crippen LogP) is 4.70. The van der Waals surface area contributed by atoms with Gasteiger partial charge in [-0.1, -0.05) is 32.4 Å². The Morgan fingerprint density at radius 1 is 1.41 bits per heavy atom. The van der Waals surface area contributed by atoms with Gasteiger partial charge >= 0.3 is 0 Å². The van der Waals surface area contributed by atoms with E-state index < -0.39 is 0 Å². The van der Waals surface area contributed by atoms with Crippen LogP contribution < -0.4 is 0 Å². The summed E-state index contributed by atoms with van der Waals surface area (Å²) >= 11 is 0. The van der Waals surface area contributed by atoms with Gasteiger partial charge in [-0.15, -0.1) is 0 Å². The van der Waals surface area contributed by atoms with Crippen LogP contribution in [-0.2, 0) is 0 Å². The summed E-state index contributed by atoms with van der Waals surface area (Å²) in [7, 11) is 0. The fraction of sp³-hybridized carbons (Fsp3) is 0.812. The van der Waals surface area contributed by atoms with E-state index in [2.05, 4.69) is 38.6 Å². The van der Waals surface area contributed by atoms with Crippen LogP contribution in [0.15, 0.2) is 11.6 Å². The molecule has 0 aliphatic heterocycles. The van der Waals surface area contributed by atoms with Crippen molar-refractivity contribution >= 4 is 0 Å². The van der Waals surface area contributed by atoms with E-state index in [1.54, 1.807) is 5.57 Å². The highest BCUT2D eigenvalue weighted by molar-refractivity contribution is 5.23. The molecule has 0 aromatic carbocycles. The minimum Gasteiger partial charge on any atom is -0.310 e. The lowest BCUT2D eigenvalue weighted by Crippen LogP contribution is -2.38. The molecule has 1 nitrogen and oxygen atoms in total. The SMILES string of the molecule is [C-]#[N+][C@@]1(C)CC=C2[C@H](C)CC[C@H](C(C)C)[C@H]2C1. The van der Waals surface area contributed by atoms with Gasteiger partial charge in [-0.25, -0.2) is 6.57 Å². The van der Waals surface area contributed by atoms with Gasteiger partial charge in [0.2, 0.25) is 5.54 Å². The quantitative estimate of drug-likeness (QED) is 0.455. The van der Waals surface area contributed by atoms with Gasteiger partial charge < -0.3 is 4.85 Å². The lowest BCUT2D eigenvalue weighted by molar-refractivity contribution is 0.168. The number of hydrogen-bond acceptors (Lipinski definition) is 0. The van der Waals surface area contributed by atoms with Gasteiger partial charge in [0.05, 0.1) is 0 Å². The first-order valence-corrected chi connectivity index (χ1v) is 7.05. The van der Waals surface area contributed by atoms with E-state index in [9.17, 15) is 0 Å². The van der Waals surface area contributed by atoms with E-state index in [0.29, 0.717) is 5.92 Å². The van der Waals surface area contributed by atoms with Gasteiger partial charge in [-0.2, -0.15) is 0 Å². The molecule has 0 unspecified atom stereocenters. The van der Waals surface area contributed by atoms with Crippen molar-refractivity contribution in [3.8, 4) is 0 Å². The molecule has 0 amide bonds. The van der Waals surface area contributed by atoms with E-state index in [-0.39, 0.29) is 5.54 Å². The molecule has 0 saturated heterocycles. The Morgan fingerprint density at radius 3 is 2.71 bits per heavy atom. The first kappa shape index (κ1) is 12.7. The molecule has 1 fully saturated rings. The second-order valence-corrected chi connectivity index (χ2v) is 6.71. The molecule has 0 bridgehead atoms. The smallest absolute Gasteiger partial charge is 0.233 e. The Morgan fingerprint density at radius 2 is 2.12 bits per heavy atom. The summed E-state index contributed by atoms with van der Waals surface area (Å²) < 4.78 is 0. The van der Waals surface area contributed by atoms with Crippen LogP contribution >= 0.6 is 0 Å². The molecule has 94 valence electrons. The maximum Gasteiger partial charge on any atom is 0.233 e. The van der Waals surface area contributed by atoms with Gasteiger partial charge in [0.15, 0.2) is 0 Å². The second kappa shape index (κ2) is 4.48. The van der Waals surface area contributed by atoms with Crippen molar-refractivity contribution in [3.63, 3.8) is 0 Å². The van der Waals surface area contributed by atoms with Crippen LogP contribution in [0.1, 0.15) is 53.4 Å². The summed E-state index contributed by atoms with van der Waals surface area (Å²) in [6.07, 6.45) is 7.17. The highest BCUT2D eigenvalue weighted by Crippen LogP contribution is 2.49. The van der Waals surface area contributed by atoms with Crippen LogP contribution in [0.2, 0.25) is 0 Å². The molecule has 0 N–H and O–H groups in total. The zero-order valence-corrected chi connectivity index (χ0v) is 11.7. The Labute approximate surface area is 106 Å². The molecule has 0 aromatic rings. The number of nitrogens with zero attached hydrogens (tertiary/aromatic N) is 1. The van der Waals surface area contributed by atoms with Gasteiger partial charge in [0, 0.05) is 19.8 Å². The number of hydrogen-bond donors (Lipinski definition) is 0. The third kappa shape index (κ3) is 2.28. The normalized spacial score (nSPS) is 41.6. The van der Waals surface area contributed by atoms with Gasteiger partial charge in [-0.05, 0) is 36.5 Å². The monoisotopic (exact) mass is 231 g/mol. The molecule has 0 aromatic heterocycles. The van der Waals surface area contributed by atoms with Gasteiger partial charge in [0.25, 0.3) is 0 Å². The average Bonchev–Trinajstić information content (AvgIpc) is 2.29. The lowest BCUT2D eigenvalue weighted by Gasteiger charge is -2.43. The van der Waals surface area contributed by atoms with E-state index in [0.717, 1.165) is 30.6 Å². The van der Waals surface area contributed by atoms with Crippen molar-refractivity contribution in [2.45, 2.75) is 58.9 Å². The minimum atomic E-state index is -0.127. The molecular formula is C16H25N. The van der Waals surface area contributed by atoms with Crippen molar-refractivity contribution < 1.29 is 0 Å². The molecule has 0 heterocycles. The van der Waals surface area contributed by atoms with Crippen molar-refractivity contribution in [3.05, 3.63) is 23.1 Å². The fourth-order valence-electron chi connectivity index (χ4n) is 3.83. The summed E-state index contributed by atoms with van der Waals surface area (Å²) in [6.45, 7) is 16.6. The Kier molecular flexibility index (Phi) is 3.34. The van der Waals surface area contributed by atoms with Crippen molar-refractivity contribution in [2.24, 2.45) is 23.7 Å². The standard InChI is InChI=1S/C16H25N/c1-11(2)13-7-6-12(3)14-8-9-16(4,17-5)10-15(13)14/h8,11-13,15H,6-7,9-10H2,1-4H3/t12-,13-,15-,16+/m1/s1. The Hall–Kier alpha value is -0.770. The Balaban J connectivity index is 2.29. The van der Waals surface area contributed by atoms with Crippen molar-refractivity contribution in [1.82, 2.24) is 0 Å². The fourth-order valence-corrected chi connectivity index (χ4v) is 3.83. The summed E-state index contributed by atoms with van der Waals surface area (Å²) in [4.78, 5) is 3.89. The lowest BCUT2D eigenvalue weighted by atomic mass is 9.61. The summed E-state index contributed by atoms with van der Waals surface area (Å²) in [5.74, 6) is 3.00. The minimum absolute atomic E-state index is 0.127. The predicted molar refractivity (Wildman–Crippen MR) is 72.5 cm³/mol. The van der Waals surface area contributed by atoms with E-state index in [4.69, 9.17) is 6.57 Å². The number of fused-ring (bicyclic) bond motifs is 1. The molecule has 0 radical (unpaired) electrons. The van der Waals surface area contributed by atoms with Crippen LogP contribution in [0.5, 0.6) is 0 Å². The largest absolute Gasteiger partial charge is 0.310 e. The zero-order chi connectivity index (χ0) is 12.6. The molecule has 1 heteroatoms. The second-order valence-electron chi connectivity index (χ2n) is 6.71.